The average Bonchev–Trinajstić information content (AvgIpc) is 3.50. The summed E-state index contributed by atoms with van der Waals surface area (Å²) in [5.41, 5.74) is 7.66. The first-order valence-corrected chi connectivity index (χ1v) is 11.9. The quantitative estimate of drug-likeness (QED) is 0.249. The van der Waals surface area contributed by atoms with Crippen LogP contribution >= 0.6 is 0 Å². The smallest absolute Gasteiger partial charge is 0.471 e. The molecular formula is C27H23F4N3O5. The molecule has 1 amide bonds. The van der Waals surface area contributed by atoms with E-state index in [4.69, 9.17) is 19.9 Å². The number of ether oxygens (including phenoxy) is 3. The summed E-state index contributed by atoms with van der Waals surface area (Å²) < 4.78 is 71.3. The molecule has 0 bridgehead atoms. The van der Waals surface area contributed by atoms with Crippen molar-refractivity contribution in [3.05, 3.63) is 71.5 Å². The molecule has 2 heterocycles. The van der Waals surface area contributed by atoms with E-state index in [0.29, 0.717) is 21.7 Å². The lowest BCUT2D eigenvalue weighted by Gasteiger charge is -2.29. The second kappa shape index (κ2) is 10.0. The van der Waals surface area contributed by atoms with Gasteiger partial charge in [-0.05, 0) is 30.3 Å². The highest BCUT2D eigenvalue weighted by atomic mass is 19.4. The molecule has 3 N–H and O–H groups in total. The number of hydrogen-bond acceptors (Lipinski definition) is 7. The van der Waals surface area contributed by atoms with Crippen molar-refractivity contribution in [2.75, 3.05) is 36.3 Å². The van der Waals surface area contributed by atoms with Crippen molar-refractivity contribution in [2.45, 2.75) is 24.6 Å². The minimum absolute atomic E-state index is 0.0451. The van der Waals surface area contributed by atoms with E-state index >= 15 is 0 Å². The van der Waals surface area contributed by atoms with Crippen LogP contribution in [0, 0.1) is 5.82 Å². The van der Waals surface area contributed by atoms with Gasteiger partial charge in [0.25, 0.3) is 0 Å². The zero-order valence-corrected chi connectivity index (χ0v) is 20.5. The average molecular weight is 545 g/mol. The van der Waals surface area contributed by atoms with Crippen molar-refractivity contribution < 1.29 is 41.4 Å². The largest absolute Gasteiger partial charge is 0.493 e. The van der Waals surface area contributed by atoms with Crippen molar-refractivity contribution in [3.8, 4) is 11.5 Å². The molecule has 0 saturated carbocycles. The van der Waals surface area contributed by atoms with Gasteiger partial charge in [-0.2, -0.15) is 13.2 Å². The molecule has 12 heteroatoms. The van der Waals surface area contributed by atoms with E-state index in [2.05, 4.69) is 5.32 Å². The molecule has 0 fully saturated rings. The summed E-state index contributed by atoms with van der Waals surface area (Å²) in [6.45, 7) is -0.119. The van der Waals surface area contributed by atoms with Crippen molar-refractivity contribution in [3.63, 3.8) is 0 Å². The number of nitrogens with one attached hydrogen (secondary N) is 1. The van der Waals surface area contributed by atoms with E-state index in [0.717, 1.165) is 0 Å². The molecule has 204 valence electrons. The number of para-hydroxylation sites is 1. The first kappa shape index (κ1) is 26.1. The van der Waals surface area contributed by atoms with Crippen LogP contribution in [0.5, 0.6) is 11.5 Å². The Labute approximate surface area is 220 Å². The number of esters is 1. The van der Waals surface area contributed by atoms with Crippen LogP contribution < -0.4 is 25.4 Å². The Balaban J connectivity index is 1.51. The molecule has 8 nitrogen and oxygen atoms in total. The van der Waals surface area contributed by atoms with Gasteiger partial charge in [-0.3, -0.25) is 14.5 Å². The van der Waals surface area contributed by atoms with Crippen LogP contribution in [0.4, 0.5) is 40.3 Å². The summed E-state index contributed by atoms with van der Waals surface area (Å²) >= 11 is 0. The number of hydrogen-bond donors (Lipinski definition) is 2. The number of carbonyl (C=O) groups is 2. The SMILES string of the molecule is COC(=O)C[C@@H]1COc2cc(N(C(=O)C(F)(F)F)[C@@H]3COc4c(Nc5cc(F)ccc5N)cccc43)ccc21. The fourth-order valence-electron chi connectivity index (χ4n) is 4.77. The van der Waals surface area contributed by atoms with E-state index in [1.807, 2.05) is 0 Å². The van der Waals surface area contributed by atoms with Crippen molar-refractivity contribution in [1.82, 2.24) is 0 Å². The highest BCUT2D eigenvalue weighted by Crippen LogP contribution is 2.47. The van der Waals surface area contributed by atoms with Gasteiger partial charge in [0.05, 0.1) is 43.2 Å². The Morgan fingerprint density at radius 1 is 1.05 bits per heavy atom. The molecule has 0 radical (unpaired) electrons. The lowest BCUT2D eigenvalue weighted by Crippen LogP contribution is -2.44. The summed E-state index contributed by atoms with van der Waals surface area (Å²) in [4.78, 5) is 25.1. The second-order valence-corrected chi connectivity index (χ2v) is 9.09. The molecule has 0 saturated heterocycles. The lowest BCUT2D eigenvalue weighted by atomic mass is 9.97. The molecule has 3 aromatic carbocycles. The Kier molecular flexibility index (Phi) is 6.71. The Hall–Kier alpha value is -4.48. The lowest BCUT2D eigenvalue weighted by molar-refractivity contribution is -0.171. The van der Waals surface area contributed by atoms with E-state index < -0.39 is 29.9 Å². The van der Waals surface area contributed by atoms with E-state index in [1.54, 1.807) is 24.3 Å². The molecule has 2 aliphatic heterocycles. The fourth-order valence-corrected chi connectivity index (χ4v) is 4.77. The van der Waals surface area contributed by atoms with Gasteiger partial charge < -0.3 is 25.3 Å². The Bertz CT molecular complexity index is 1450. The molecule has 2 atom stereocenters. The van der Waals surface area contributed by atoms with E-state index in [1.165, 1.54) is 37.4 Å². The van der Waals surface area contributed by atoms with E-state index in [9.17, 15) is 27.2 Å². The van der Waals surface area contributed by atoms with Gasteiger partial charge >= 0.3 is 18.1 Å². The predicted octanol–water partition coefficient (Wildman–Crippen LogP) is 5.22. The second-order valence-electron chi connectivity index (χ2n) is 9.09. The van der Waals surface area contributed by atoms with Crippen LogP contribution in [0.15, 0.2) is 54.6 Å². The Morgan fingerprint density at radius 3 is 2.59 bits per heavy atom. The third kappa shape index (κ3) is 5.01. The van der Waals surface area contributed by atoms with Gasteiger partial charge in [0.15, 0.2) is 0 Å². The Morgan fingerprint density at radius 2 is 1.85 bits per heavy atom. The number of carbonyl (C=O) groups excluding carboxylic acids is 2. The summed E-state index contributed by atoms with van der Waals surface area (Å²) in [5.74, 6) is -2.90. The first-order valence-electron chi connectivity index (χ1n) is 11.9. The number of amides is 1. The maximum Gasteiger partial charge on any atom is 0.471 e. The molecule has 0 aliphatic carbocycles. The van der Waals surface area contributed by atoms with Crippen LogP contribution in [0.1, 0.15) is 29.5 Å². The van der Waals surface area contributed by atoms with Gasteiger partial charge in [-0.25, -0.2) is 4.39 Å². The van der Waals surface area contributed by atoms with Gasteiger partial charge in [0.1, 0.15) is 23.9 Å². The third-order valence-electron chi connectivity index (χ3n) is 6.64. The predicted molar refractivity (Wildman–Crippen MR) is 134 cm³/mol. The molecule has 0 aromatic heterocycles. The number of nitrogen functional groups attached to an aromatic ring is 1. The number of rotatable bonds is 6. The van der Waals surface area contributed by atoms with Crippen molar-refractivity contribution in [1.29, 1.82) is 0 Å². The molecular weight excluding hydrogens is 522 g/mol. The first-order chi connectivity index (χ1) is 18.6. The molecule has 5 rings (SSSR count). The monoisotopic (exact) mass is 545 g/mol. The van der Waals surface area contributed by atoms with Crippen LogP contribution in [0.25, 0.3) is 0 Å². The molecule has 2 aliphatic rings. The third-order valence-corrected chi connectivity index (χ3v) is 6.64. The van der Waals surface area contributed by atoms with Gasteiger partial charge in [0, 0.05) is 28.8 Å². The zero-order valence-electron chi connectivity index (χ0n) is 20.5. The molecule has 39 heavy (non-hydrogen) atoms. The number of benzene rings is 3. The van der Waals surface area contributed by atoms with E-state index in [-0.39, 0.29) is 54.1 Å². The number of alkyl halides is 3. The highest BCUT2D eigenvalue weighted by Gasteiger charge is 2.48. The molecule has 0 spiro atoms. The standard InChI is InChI=1S/C27H23F4N3O5/c1-37-24(35)9-14-12-38-23-11-16(6-7-17(14)23)34(26(36)27(29,30)31)22-13-39-25-18(22)3-2-4-20(25)33-21-10-15(28)5-8-19(21)32/h2-8,10-11,14,22,33H,9,12-13,32H2,1H3/t14-,22-/m1/s1. The fraction of sp³-hybridized carbons (Fsp3) is 0.259. The summed E-state index contributed by atoms with van der Waals surface area (Å²) in [6, 6.07) is 11.6. The van der Waals surface area contributed by atoms with Crippen molar-refractivity contribution in [2.24, 2.45) is 0 Å². The minimum Gasteiger partial charge on any atom is -0.493 e. The number of methoxy groups -OCH3 is 1. The number of nitrogens with zero attached hydrogens (tertiary/aromatic N) is 1. The zero-order chi connectivity index (χ0) is 27.9. The van der Waals surface area contributed by atoms with Crippen LogP contribution in [0.3, 0.4) is 0 Å². The number of halogens is 4. The van der Waals surface area contributed by atoms with Crippen LogP contribution in [-0.2, 0) is 14.3 Å². The highest BCUT2D eigenvalue weighted by molar-refractivity contribution is 5.98. The normalized spacial score (nSPS) is 17.5. The number of fused-ring (bicyclic) bond motifs is 2. The maximum atomic E-state index is 13.8. The number of anilines is 4. The summed E-state index contributed by atoms with van der Waals surface area (Å²) in [6.07, 6.45) is -5.13. The van der Waals surface area contributed by atoms with Gasteiger partial charge in [-0.15, -0.1) is 0 Å². The molecule has 0 unspecified atom stereocenters. The van der Waals surface area contributed by atoms with Crippen LogP contribution in [-0.4, -0.2) is 38.4 Å². The maximum absolute atomic E-state index is 13.8. The molecule has 3 aromatic rings. The van der Waals surface area contributed by atoms with Gasteiger partial charge in [-0.1, -0.05) is 18.2 Å². The van der Waals surface area contributed by atoms with Crippen LogP contribution in [0.2, 0.25) is 0 Å². The minimum atomic E-state index is -5.18. The number of nitrogens with two attached hydrogens (primary N) is 1. The van der Waals surface area contributed by atoms with Gasteiger partial charge in [0.2, 0.25) is 0 Å². The summed E-state index contributed by atoms with van der Waals surface area (Å²) in [7, 11) is 1.26. The van der Waals surface area contributed by atoms with Crippen molar-refractivity contribution >= 4 is 34.6 Å². The topological polar surface area (TPSA) is 103 Å². The summed E-state index contributed by atoms with van der Waals surface area (Å²) in [5, 5.41) is 2.96.